The highest BCUT2D eigenvalue weighted by Gasteiger charge is 2.18. The van der Waals surface area contributed by atoms with Crippen LogP contribution in [0.1, 0.15) is 18.3 Å². The van der Waals surface area contributed by atoms with E-state index >= 15 is 0 Å². The number of amides is 1. The van der Waals surface area contributed by atoms with Crippen molar-refractivity contribution in [1.29, 1.82) is 5.26 Å². The van der Waals surface area contributed by atoms with Gasteiger partial charge in [-0.1, -0.05) is 23.4 Å². The molecule has 0 radical (unpaired) electrons. The van der Waals surface area contributed by atoms with Crippen LogP contribution in [0.3, 0.4) is 0 Å². The van der Waals surface area contributed by atoms with Crippen LogP contribution < -0.4 is 5.32 Å². The third kappa shape index (κ3) is 3.59. The standard InChI is InChI=1S/C14H14ClN5OS/c1-8(22-14-19-18-9(2)20(14)3)13(21)17-11-5-4-10(7-16)12(15)6-11/h4-6,8H,1-3H3,(H,17,21)/t8-/m0/s1. The van der Waals surface area contributed by atoms with Crippen LogP contribution in [0, 0.1) is 18.3 Å². The number of carbonyl (C=O) groups excluding carboxylic acids is 1. The molecular weight excluding hydrogens is 322 g/mol. The van der Waals surface area contributed by atoms with Gasteiger partial charge in [0.1, 0.15) is 11.9 Å². The first-order chi connectivity index (χ1) is 10.4. The van der Waals surface area contributed by atoms with Crippen LogP contribution in [-0.2, 0) is 11.8 Å². The number of aryl methyl sites for hydroxylation is 1. The number of benzene rings is 1. The molecule has 0 bridgehead atoms. The fraction of sp³-hybridized carbons (Fsp3) is 0.286. The maximum Gasteiger partial charge on any atom is 0.237 e. The highest BCUT2D eigenvalue weighted by Crippen LogP contribution is 2.24. The van der Waals surface area contributed by atoms with Crippen molar-refractivity contribution in [2.24, 2.45) is 7.05 Å². The first kappa shape index (κ1) is 16.3. The Bertz CT molecular complexity index is 752. The van der Waals surface area contributed by atoms with E-state index in [0.29, 0.717) is 21.4 Å². The van der Waals surface area contributed by atoms with Gasteiger partial charge in [-0.05, 0) is 32.0 Å². The number of thioether (sulfide) groups is 1. The third-order valence-corrected chi connectivity index (χ3v) is 4.51. The van der Waals surface area contributed by atoms with Gasteiger partial charge in [-0.2, -0.15) is 5.26 Å². The molecule has 0 spiro atoms. The monoisotopic (exact) mass is 335 g/mol. The fourth-order valence-electron chi connectivity index (χ4n) is 1.63. The summed E-state index contributed by atoms with van der Waals surface area (Å²) < 4.78 is 1.83. The van der Waals surface area contributed by atoms with Gasteiger partial charge < -0.3 is 9.88 Å². The molecule has 8 heteroatoms. The van der Waals surface area contributed by atoms with E-state index in [2.05, 4.69) is 15.5 Å². The Kier molecular flexibility index (Phi) is 5.06. The van der Waals surface area contributed by atoms with Crippen LogP contribution in [0.15, 0.2) is 23.4 Å². The van der Waals surface area contributed by atoms with Gasteiger partial charge in [0.05, 0.1) is 15.8 Å². The Morgan fingerprint density at radius 1 is 1.50 bits per heavy atom. The summed E-state index contributed by atoms with van der Waals surface area (Å²) in [6, 6.07) is 6.75. The summed E-state index contributed by atoms with van der Waals surface area (Å²) in [6.45, 7) is 3.63. The molecule has 6 nitrogen and oxygen atoms in total. The predicted molar refractivity (Wildman–Crippen MR) is 85.9 cm³/mol. The van der Waals surface area contributed by atoms with Gasteiger partial charge in [0.25, 0.3) is 0 Å². The molecule has 0 saturated heterocycles. The average Bonchev–Trinajstić information content (AvgIpc) is 2.79. The molecular formula is C14H14ClN5OS. The Labute approximate surface area is 137 Å². The molecule has 22 heavy (non-hydrogen) atoms. The molecule has 1 N–H and O–H groups in total. The second kappa shape index (κ2) is 6.81. The van der Waals surface area contributed by atoms with Crippen LogP contribution in [0.5, 0.6) is 0 Å². The van der Waals surface area contributed by atoms with E-state index in [9.17, 15) is 4.79 Å². The molecule has 2 rings (SSSR count). The minimum atomic E-state index is -0.350. The van der Waals surface area contributed by atoms with Gasteiger partial charge in [-0.3, -0.25) is 4.79 Å². The molecule has 1 amide bonds. The summed E-state index contributed by atoms with van der Waals surface area (Å²) >= 11 is 7.27. The largest absolute Gasteiger partial charge is 0.325 e. The molecule has 1 aromatic heterocycles. The minimum Gasteiger partial charge on any atom is -0.325 e. The molecule has 0 aliphatic rings. The van der Waals surface area contributed by atoms with Crippen LogP contribution >= 0.6 is 23.4 Å². The van der Waals surface area contributed by atoms with Crippen molar-refractivity contribution in [3.8, 4) is 6.07 Å². The summed E-state index contributed by atoms with van der Waals surface area (Å²) in [6.07, 6.45) is 0. The Morgan fingerprint density at radius 3 is 2.77 bits per heavy atom. The number of nitrogens with zero attached hydrogens (tertiary/aromatic N) is 4. The number of aromatic nitrogens is 3. The van der Waals surface area contributed by atoms with Gasteiger partial charge in [-0.15, -0.1) is 10.2 Å². The van der Waals surface area contributed by atoms with Crippen molar-refractivity contribution in [1.82, 2.24) is 14.8 Å². The Hall–Kier alpha value is -2.04. The maximum absolute atomic E-state index is 12.2. The van der Waals surface area contributed by atoms with Gasteiger partial charge in [-0.25, -0.2) is 0 Å². The summed E-state index contributed by atoms with van der Waals surface area (Å²) in [4.78, 5) is 12.2. The summed E-state index contributed by atoms with van der Waals surface area (Å²) in [5.41, 5.74) is 0.923. The summed E-state index contributed by atoms with van der Waals surface area (Å²) in [5, 5.41) is 20.2. The number of nitriles is 1. The molecule has 114 valence electrons. The lowest BCUT2D eigenvalue weighted by atomic mass is 10.2. The quantitative estimate of drug-likeness (QED) is 0.868. The molecule has 1 atom stereocenters. The van der Waals surface area contributed by atoms with E-state index in [1.807, 2.05) is 24.6 Å². The van der Waals surface area contributed by atoms with E-state index in [-0.39, 0.29) is 11.2 Å². The SMILES string of the molecule is Cc1nnc(S[C@@H](C)C(=O)Nc2ccc(C#N)c(Cl)c2)n1C. The van der Waals surface area contributed by atoms with E-state index < -0.39 is 0 Å². The minimum absolute atomic E-state index is 0.175. The van der Waals surface area contributed by atoms with Gasteiger partial charge >= 0.3 is 0 Å². The zero-order valence-electron chi connectivity index (χ0n) is 12.3. The van der Waals surface area contributed by atoms with Gasteiger partial charge in [0.2, 0.25) is 5.91 Å². The van der Waals surface area contributed by atoms with Crippen LogP contribution in [0.4, 0.5) is 5.69 Å². The molecule has 0 saturated carbocycles. The van der Waals surface area contributed by atoms with Crippen LogP contribution in [0.25, 0.3) is 0 Å². The number of nitrogens with one attached hydrogen (secondary N) is 1. The van der Waals surface area contributed by atoms with Crippen LogP contribution in [-0.4, -0.2) is 25.9 Å². The number of rotatable bonds is 4. The lowest BCUT2D eigenvalue weighted by Gasteiger charge is -2.12. The Morgan fingerprint density at radius 2 is 2.23 bits per heavy atom. The zero-order chi connectivity index (χ0) is 16.3. The average molecular weight is 336 g/mol. The van der Waals surface area contributed by atoms with Crippen molar-refractivity contribution in [2.75, 3.05) is 5.32 Å². The second-order valence-corrected chi connectivity index (χ2v) is 6.36. The summed E-state index contributed by atoms with van der Waals surface area (Å²) in [7, 11) is 1.85. The molecule has 0 aliphatic carbocycles. The number of hydrogen-bond donors (Lipinski definition) is 1. The lowest BCUT2D eigenvalue weighted by Crippen LogP contribution is -2.22. The second-order valence-electron chi connectivity index (χ2n) is 4.64. The van der Waals surface area contributed by atoms with Crippen molar-refractivity contribution < 1.29 is 4.79 Å². The molecule has 1 aromatic carbocycles. The van der Waals surface area contributed by atoms with Crippen LogP contribution in [0.2, 0.25) is 5.02 Å². The molecule has 1 heterocycles. The van der Waals surface area contributed by atoms with E-state index in [0.717, 1.165) is 5.82 Å². The van der Waals surface area contributed by atoms with Crippen molar-refractivity contribution in [3.05, 3.63) is 34.6 Å². The number of halogens is 1. The molecule has 0 fully saturated rings. The van der Waals surface area contributed by atoms with Crippen molar-refractivity contribution in [2.45, 2.75) is 24.3 Å². The predicted octanol–water partition coefficient (Wildman–Crippen LogP) is 2.77. The van der Waals surface area contributed by atoms with Gasteiger partial charge in [0.15, 0.2) is 5.16 Å². The van der Waals surface area contributed by atoms with E-state index in [1.54, 1.807) is 25.1 Å². The summed E-state index contributed by atoms with van der Waals surface area (Å²) in [5.74, 6) is 0.611. The normalized spacial score (nSPS) is 11.8. The topological polar surface area (TPSA) is 83.6 Å². The van der Waals surface area contributed by atoms with Gasteiger partial charge in [0, 0.05) is 12.7 Å². The maximum atomic E-state index is 12.2. The molecule has 0 unspecified atom stereocenters. The lowest BCUT2D eigenvalue weighted by molar-refractivity contribution is -0.115. The number of anilines is 1. The third-order valence-electron chi connectivity index (χ3n) is 3.06. The number of hydrogen-bond acceptors (Lipinski definition) is 5. The first-order valence-corrected chi connectivity index (χ1v) is 7.71. The van der Waals surface area contributed by atoms with E-state index in [4.69, 9.17) is 16.9 Å². The highest BCUT2D eigenvalue weighted by atomic mass is 35.5. The highest BCUT2D eigenvalue weighted by molar-refractivity contribution is 8.00. The molecule has 2 aromatic rings. The Balaban J connectivity index is 2.04. The van der Waals surface area contributed by atoms with Crippen molar-refractivity contribution in [3.63, 3.8) is 0 Å². The van der Waals surface area contributed by atoms with Crippen molar-refractivity contribution >= 4 is 35.0 Å². The first-order valence-electron chi connectivity index (χ1n) is 6.45. The zero-order valence-corrected chi connectivity index (χ0v) is 13.9. The number of carbonyl (C=O) groups is 1. The molecule has 0 aliphatic heterocycles. The van der Waals surface area contributed by atoms with E-state index in [1.165, 1.54) is 11.8 Å². The fourth-order valence-corrected chi connectivity index (χ4v) is 2.71. The smallest absolute Gasteiger partial charge is 0.237 e.